The number of ether oxygens (including phenoxy) is 1. The van der Waals surface area contributed by atoms with Crippen LogP contribution in [-0.4, -0.2) is 40.7 Å². The summed E-state index contributed by atoms with van der Waals surface area (Å²) in [5.74, 6) is -1.25. The summed E-state index contributed by atoms with van der Waals surface area (Å²) in [7, 11) is 0. The van der Waals surface area contributed by atoms with Gasteiger partial charge in [0.25, 0.3) is 11.5 Å². The van der Waals surface area contributed by atoms with Crippen molar-refractivity contribution in [1.29, 1.82) is 0 Å². The Labute approximate surface area is 202 Å². The summed E-state index contributed by atoms with van der Waals surface area (Å²) in [5, 5.41) is 7.71. The second kappa shape index (κ2) is 10.9. The second-order valence-electron chi connectivity index (χ2n) is 8.45. The normalized spacial score (nSPS) is 13.3. The zero-order chi connectivity index (χ0) is 24.8. The molecule has 0 saturated carbocycles. The van der Waals surface area contributed by atoms with E-state index in [1.54, 1.807) is 47.4 Å². The smallest absolute Gasteiger partial charge is 0.359 e. The van der Waals surface area contributed by atoms with Gasteiger partial charge in [-0.2, -0.15) is 5.10 Å². The molecule has 1 saturated heterocycles. The molecule has 2 amide bonds. The first kappa shape index (κ1) is 24.1. The Hall–Kier alpha value is -4.01. The highest BCUT2D eigenvalue weighted by Gasteiger charge is 2.22. The summed E-state index contributed by atoms with van der Waals surface area (Å²) in [6.07, 6.45) is 4.01. The molecule has 0 atom stereocenters. The molecule has 1 fully saturated rings. The van der Waals surface area contributed by atoms with Crippen molar-refractivity contribution in [3.05, 3.63) is 64.6 Å². The van der Waals surface area contributed by atoms with E-state index in [1.807, 2.05) is 6.07 Å². The molecule has 4 rings (SSSR count). The number of nitrogens with zero attached hydrogens (tertiary/aromatic N) is 3. The summed E-state index contributed by atoms with van der Waals surface area (Å²) >= 11 is 0. The zero-order valence-electron chi connectivity index (χ0n) is 19.7. The van der Waals surface area contributed by atoms with Gasteiger partial charge >= 0.3 is 5.97 Å². The molecule has 1 aliphatic heterocycles. The predicted octanol–water partition coefficient (Wildman–Crippen LogP) is 3.51. The number of esters is 1. The van der Waals surface area contributed by atoms with E-state index in [1.165, 1.54) is 4.68 Å². The molecule has 1 aliphatic rings. The van der Waals surface area contributed by atoms with Crippen LogP contribution in [0.15, 0.2) is 53.3 Å². The minimum absolute atomic E-state index is 0.000887. The molecule has 2 heterocycles. The average Bonchev–Trinajstić information content (AvgIpc) is 3.30. The van der Waals surface area contributed by atoms with Crippen molar-refractivity contribution in [3.8, 4) is 0 Å². The van der Waals surface area contributed by atoms with E-state index < -0.39 is 18.5 Å². The topological polar surface area (TPSA) is 111 Å². The molecule has 2 aromatic carbocycles. The molecule has 35 heavy (non-hydrogen) atoms. The fourth-order valence-electron chi connectivity index (χ4n) is 4.12. The Balaban J connectivity index is 1.45. The minimum atomic E-state index is -0.781. The number of benzene rings is 2. The van der Waals surface area contributed by atoms with Crippen molar-refractivity contribution < 1.29 is 19.1 Å². The van der Waals surface area contributed by atoms with Crippen LogP contribution in [0.5, 0.6) is 0 Å². The van der Waals surface area contributed by atoms with Gasteiger partial charge in [-0.1, -0.05) is 44.0 Å². The van der Waals surface area contributed by atoms with Gasteiger partial charge in [0.15, 0.2) is 12.3 Å². The van der Waals surface area contributed by atoms with Gasteiger partial charge in [-0.05, 0) is 37.1 Å². The van der Waals surface area contributed by atoms with Crippen LogP contribution in [0.25, 0.3) is 10.8 Å². The fourth-order valence-corrected chi connectivity index (χ4v) is 4.12. The number of carbonyl (C=O) groups excluding carboxylic acids is 3. The zero-order valence-corrected chi connectivity index (χ0v) is 19.7. The molecule has 1 aromatic heterocycles. The number of amides is 2. The third kappa shape index (κ3) is 5.56. The minimum Gasteiger partial charge on any atom is -0.451 e. The van der Waals surface area contributed by atoms with E-state index in [-0.39, 0.29) is 17.2 Å². The summed E-state index contributed by atoms with van der Waals surface area (Å²) in [4.78, 5) is 51.7. The highest BCUT2D eigenvalue weighted by Crippen LogP contribution is 2.24. The maximum Gasteiger partial charge on any atom is 0.359 e. The number of aryl methyl sites for hydroxylation is 1. The number of anilines is 2. The van der Waals surface area contributed by atoms with E-state index in [9.17, 15) is 19.2 Å². The predicted molar refractivity (Wildman–Crippen MR) is 132 cm³/mol. The summed E-state index contributed by atoms with van der Waals surface area (Å²) in [6.45, 7) is 2.59. The van der Waals surface area contributed by atoms with E-state index in [0.717, 1.165) is 25.7 Å². The Morgan fingerprint density at radius 1 is 1.06 bits per heavy atom. The van der Waals surface area contributed by atoms with Gasteiger partial charge < -0.3 is 15.0 Å². The number of rotatable bonds is 9. The first-order chi connectivity index (χ1) is 17.0. The quantitative estimate of drug-likeness (QED) is 0.374. The number of fused-ring (bicyclic) bond motifs is 1. The number of aromatic nitrogens is 2. The van der Waals surface area contributed by atoms with Crippen LogP contribution in [0.2, 0.25) is 0 Å². The molecule has 3 aromatic rings. The van der Waals surface area contributed by atoms with Crippen molar-refractivity contribution in [3.63, 3.8) is 0 Å². The van der Waals surface area contributed by atoms with Gasteiger partial charge in [0.1, 0.15) is 0 Å². The van der Waals surface area contributed by atoms with Gasteiger partial charge in [0, 0.05) is 36.3 Å². The molecule has 9 nitrogen and oxygen atoms in total. The third-order valence-electron chi connectivity index (χ3n) is 5.88. The first-order valence-corrected chi connectivity index (χ1v) is 11.8. The first-order valence-electron chi connectivity index (χ1n) is 11.8. The van der Waals surface area contributed by atoms with Crippen LogP contribution in [0, 0.1) is 0 Å². The summed E-state index contributed by atoms with van der Waals surface area (Å²) in [6, 6.07) is 13.7. The Morgan fingerprint density at radius 2 is 1.86 bits per heavy atom. The standard InChI is InChI=1S/C26H28N4O5/c1-2-3-6-15-30-25(33)21-12-5-4-11-20(21)24(28-30)26(34)35-17-22(31)27-18-9-7-10-19(16-18)29-14-8-13-23(29)32/h4-5,7,9-12,16H,2-3,6,8,13-15,17H2,1H3,(H,27,31). The van der Waals surface area contributed by atoms with Crippen molar-refractivity contribution in [2.75, 3.05) is 23.4 Å². The number of nitrogens with one attached hydrogen (secondary N) is 1. The summed E-state index contributed by atoms with van der Waals surface area (Å²) < 4.78 is 6.54. The van der Waals surface area contributed by atoms with Crippen molar-refractivity contribution >= 4 is 39.9 Å². The van der Waals surface area contributed by atoms with E-state index in [2.05, 4.69) is 17.3 Å². The molecule has 9 heteroatoms. The van der Waals surface area contributed by atoms with E-state index >= 15 is 0 Å². The van der Waals surface area contributed by atoms with Gasteiger partial charge in [0.2, 0.25) is 5.91 Å². The van der Waals surface area contributed by atoms with Crippen LogP contribution in [-0.2, 0) is 20.9 Å². The molecular weight excluding hydrogens is 448 g/mol. The van der Waals surface area contributed by atoms with E-state index in [4.69, 9.17) is 4.74 Å². The largest absolute Gasteiger partial charge is 0.451 e. The van der Waals surface area contributed by atoms with Crippen LogP contribution in [0.3, 0.4) is 0 Å². The molecule has 0 unspecified atom stereocenters. The number of hydrogen-bond donors (Lipinski definition) is 1. The van der Waals surface area contributed by atoms with Gasteiger partial charge in [-0.3, -0.25) is 14.4 Å². The average molecular weight is 477 g/mol. The molecule has 1 N–H and O–H groups in total. The van der Waals surface area contributed by atoms with Gasteiger partial charge in [0.05, 0.1) is 5.39 Å². The molecule has 0 aliphatic carbocycles. The monoisotopic (exact) mass is 476 g/mol. The van der Waals surface area contributed by atoms with Crippen LogP contribution in [0.4, 0.5) is 11.4 Å². The van der Waals surface area contributed by atoms with Crippen LogP contribution < -0.4 is 15.8 Å². The lowest BCUT2D eigenvalue weighted by Gasteiger charge is -2.16. The molecule has 0 radical (unpaired) electrons. The molecular formula is C26H28N4O5. The van der Waals surface area contributed by atoms with Crippen molar-refractivity contribution in [2.24, 2.45) is 0 Å². The molecule has 0 bridgehead atoms. The molecule has 182 valence electrons. The van der Waals surface area contributed by atoms with Crippen molar-refractivity contribution in [1.82, 2.24) is 9.78 Å². The summed E-state index contributed by atoms with van der Waals surface area (Å²) in [5.41, 5.74) is 0.945. The molecule has 0 spiro atoms. The fraction of sp³-hybridized carbons (Fsp3) is 0.346. The third-order valence-corrected chi connectivity index (χ3v) is 5.88. The Morgan fingerprint density at radius 3 is 2.60 bits per heavy atom. The van der Waals surface area contributed by atoms with Gasteiger partial charge in [-0.25, -0.2) is 9.48 Å². The SMILES string of the molecule is CCCCCn1nc(C(=O)OCC(=O)Nc2cccc(N3CCCC3=O)c2)c2ccccc2c1=O. The number of unbranched alkanes of at least 4 members (excludes halogenated alkanes) is 2. The lowest BCUT2D eigenvalue weighted by molar-refractivity contribution is -0.119. The second-order valence-corrected chi connectivity index (χ2v) is 8.45. The van der Waals surface area contributed by atoms with Crippen molar-refractivity contribution in [2.45, 2.75) is 45.6 Å². The maximum absolute atomic E-state index is 12.8. The van der Waals surface area contributed by atoms with E-state index in [0.29, 0.717) is 41.7 Å². The van der Waals surface area contributed by atoms with Crippen LogP contribution in [0.1, 0.15) is 49.5 Å². The van der Waals surface area contributed by atoms with Gasteiger partial charge in [-0.15, -0.1) is 0 Å². The Bertz CT molecular complexity index is 1320. The number of carbonyl (C=O) groups is 3. The lowest BCUT2D eigenvalue weighted by Crippen LogP contribution is -2.28. The lowest BCUT2D eigenvalue weighted by atomic mass is 10.1. The number of hydrogen-bond acceptors (Lipinski definition) is 6. The highest BCUT2D eigenvalue weighted by atomic mass is 16.5. The highest BCUT2D eigenvalue weighted by molar-refractivity contribution is 6.03. The van der Waals surface area contributed by atoms with Crippen LogP contribution >= 0.6 is 0 Å². The Kier molecular flexibility index (Phi) is 7.54. The maximum atomic E-state index is 12.8.